The third-order valence-corrected chi connectivity index (χ3v) is 6.87. The van der Waals surface area contributed by atoms with Crippen LogP contribution in [0, 0.1) is 0 Å². The van der Waals surface area contributed by atoms with Gasteiger partial charge in [-0.05, 0) is 60.2 Å². The van der Waals surface area contributed by atoms with Crippen molar-refractivity contribution in [3.63, 3.8) is 0 Å². The number of benzene rings is 3. The minimum Gasteiger partial charge on any atom is -0.378 e. The number of amides is 1. The molecule has 0 saturated carbocycles. The van der Waals surface area contributed by atoms with Crippen LogP contribution in [0.2, 0.25) is 10.0 Å². The topological polar surface area (TPSA) is 82.1 Å². The molecule has 1 amide bonds. The summed E-state index contributed by atoms with van der Waals surface area (Å²) in [5.41, 5.74) is 4.43. The summed E-state index contributed by atoms with van der Waals surface area (Å²) in [5, 5.41) is 4.68. The van der Waals surface area contributed by atoms with Crippen molar-refractivity contribution in [3.05, 3.63) is 88.4 Å². The van der Waals surface area contributed by atoms with Gasteiger partial charge >= 0.3 is 0 Å². The number of anilines is 2. The van der Waals surface area contributed by atoms with Crippen molar-refractivity contribution in [2.75, 3.05) is 29.8 Å². The van der Waals surface area contributed by atoms with E-state index in [9.17, 15) is 13.2 Å². The Labute approximate surface area is 203 Å². The quantitative estimate of drug-likeness (QED) is 0.364. The van der Waals surface area contributed by atoms with Crippen molar-refractivity contribution in [3.8, 4) is 0 Å². The highest BCUT2D eigenvalue weighted by molar-refractivity contribution is 7.92. The average molecular weight is 505 g/mol. The minimum atomic E-state index is -4.07. The molecule has 0 bridgehead atoms. The Kier molecular flexibility index (Phi) is 7.97. The number of hydrogen-bond donors (Lipinski definition) is 1. The zero-order valence-electron chi connectivity index (χ0n) is 17.9. The van der Waals surface area contributed by atoms with Crippen LogP contribution >= 0.6 is 23.2 Å². The van der Waals surface area contributed by atoms with Crippen molar-refractivity contribution >= 4 is 56.7 Å². The maximum absolute atomic E-state index is 13.3. The molecule has 0 unspecified atom stereocenters. The fraction of sp³-hybridized carbons (Fsp3) is 0.130. The van der Waals surface area contributed by atoms with Gasteiger partial charge in [-0.1, -0.05) is 41.4 Å². The number of hydrogen-bond acceptors (Lipinski definition) is 5. The predicted molar refractivity (Wildman–Crippen MR) is 134 cm³/mol. The van der Waals surface area contributed by atoms with Gasteiger partial charge in [0.2, 0.25) is 0 Å². The summed E-state index contributed by atoms with van der Waals surface area (Å²) >= 11 is 11.9. The lowest BCUT2D eigenvalue weighted by Gasteiger charge is -2.23. The van der Waals surface area contributed by atoms with E-state index >= 15 is 0 Å². The van der Waals surface area contributed by atoms with E-state index in [0.29, 0.717) is 10.0 Å². The molecule has 0 spiro atoms. The summed E-state index contributed by atoms with van der Waals surface area (Å²) < 4.78 is 27.6. The molecule has 0 aliphatic rings. The lowest BCUT2D eigenvalue weighted by molar-refractivity contribution is -0.119. The van der Waals surface area contributed by atoms with E-state index in [1.54, 1.807) is 18.2 Å². The summed E-state index contributed by atoms with van der Waals surface area (Å²) in [7, 11) is -0.199. The van der Waals surface area contributed by atoms with Crippen molar-refractivity contribution in [1.82, 2.24) is 5.43 Å². The number of halogens is 2. The van der Waals surface area contributed by atoms with Gasteiger partial charge in [0.15, 0.2) is 0 Å². The normalized spacial score (nSPS) is 11.4. The van der Waals surface area contributed by atoms with Crippen LogP contribution in [-0.2, 0) is 14.8 Å². The highest BCUT2D eigenvalue weighted by Gasteiger charge is 2.27. The monoisotopic (exact) mass is 504 g/mol. The van der Waals surface area contributed by atoms with Crippen LogP contribution in [0.15, 0.2) is 82.8 Å². The molecule has 0 heterocycles. The fourth-order valence-electron chi connectivity index (χ4n) is 2.88. The first kappa shape index (κ1) is 24.6. The van der Waals surface area contributed by atoms with Crippen LogP contribution in [0.5, 0.6) is 0 Å². The standard InChI is InChI=1S/C23H22Cl2N4O3S/c1-28(2)20-10-6-17(7-11-20)15-26-27-23(30)16-29(21-5-3-4-19(25)14-21)33(31,32)22-12-8-18(24)9-13-22/h3-15H,16H2,1-2H3,(H,27,30)/b26-15-. The van der Waals surface area contributed by atoms with E-state index in [-0.39, 0.29) is 10.6 Å². The summed E-state index contributed by atoms with van der Waals surface area (Å²) in [6.45, 7) is -0.498. The van der Waals surface area contributed by atoms with Crippen molar-refractivity contribution < 1.29 is 13.2 Å². The fourth-order valence-corrected chi connectivity index (χ4v) is 4.61. The molecule has 33 heavy (non-hydrogen) atoms. The Morgan fingerprint density at radius 3 is 2.21 bits per heavy atom. The molecule has 3 aromatic carbocycles. The van der Waals surface area contributed by atoms with Gasteiger partial charge in [0, 0.05) is 29.8 Å². The van der Waals surface area contributed by atoms with Gasteiger partial charge in [0.05, 0.1) is 16.8 Å². The molecule has 3 rings (SSSR count). The largest absolute Gasteiger partial charge is 0.378 e. The van der Waals surface area contributed by atoms with Crippen LogP contribution in [0.3, 0.4) is 0 Å². The van der Waals surface area contributed by atoms with Gasteiger partial charge in [0.25, 0.3) is 15.9 Å². The summed E-state index contributed by atoms with van der Waals surface area (Å²) in [5.74, 6) is -0.617. The molecular weight excluding hydrogens is 483 g/mol. The Bertz CT molecular complexity index is 1250. The Morgan fingerprint density at radius 1 is 0.939 bits per heavy atom. The number of carbonyl (C=O) groups excluding carboxylic acids is 1. The lowest BCUT2D eigenvalue weighted by Crippen LogP contribution is -2.39. The van der Waals surface area contributed by atoms with Crippen LogP contribution in [0.4, 0.5) is 11.4 Å². The minimum absolute atomic E-state index is 0.0100. The van der Waals surface area contributed by atoms with E-state index in [1.165, 1.54) is 36.5 Å². The molecule has 0 saturated heterocycles. The number of hydrazone groups is 1. The van der Waals surface area contributed by atoms with E-state index in [2.05, 4.69) is 10.5 Å². The molecule has 172 valence electrons. The third-order valence-electron chi connectivity index (χ3n) is 4.60. The molecule has 3 aromatic rings. The van der Waals surface area contributed by atoms with E-state index in [4.69, 9.17) is 23.2 Å². The molecule has 0 fully saturated rings. The number of sulfonamides is 1. The van der Waals surface area contributed by atoms with Crippen molar-refractivity contribution in [1.29, 1.82) is 0 Å². The van der Waals surface area contributed by atoms with E-state index in [0.717, 1.165) is 15.6 Å². The molecular formula is C23H22Cl2N4O3S. The number of carbonyl (C=O) groups is 1. The first-order valence-electron chi connectivity index (χ1n) is 9.80. The second-order valence-corrected chi connectivity index (χ2v) is 9.96. The summed E-state index contributed by atoms with van der Waals surface area (Å²) in [6.07, 6.45) is 1.48. The molecule has 0 radical (unpaired) electrons. The van der Waals surface area contributed by atoms with Gasteiger partial charge in [-0.3, -0.25) is 9.10 Å². The number of rotatable bonds is 8. The van der Waals surface area contributed by atoms with Crippen LogP contribution in [0.1, 0.15) is 5.56 Å². The van der Waals surface area contributed by atoms with Gasteiger partial charge in [-0.25, -0.2) is 13.8 Å². The molecule has 0 aromatic heterocycles. The maximum Gasteiger partial charge on any atom is 0.264 e. The van der Waals surface area contributed by atoms with Gasteiger partial charge in [0.1, 0.15) is 6.54 Å². The molecule has 0 aliphatic carbocycles. The average Bonchev–Trinajstić information content (AvgIpc) is 2.78. The Balaban J connectivity index is 1.80. The summed E-state index contributed by atoms with van der Waals surface area (Å²) in [6, 6.07) is 19.5. The zero-order chi connectivity index (χ0) is 24.0. The second kappa shape index (κ2) is 10.7. The highest BCUT2D eigenvalue weighted by atomic mass is 35.5. The van der Waals surface area contributed by atoms with Crippen LogP contribution < -0.4 is 14.6 Å². The first-order chi connectivity index (χ1) is 15.7. The first-order valence-corrected chi connectivity index (χ1v) is 12.0. The van der Waals surface area contributed by atoms with Gasteiger partial charge in [-0.15, -0.1) is 0 Å². The number of nitrogens with one attached hydrogen (secondary N) is 1. The third kappa shape index (κ3) is 6.47. The number of nitrogens with zero attached hydrogens (tertiary/aromatic N) is 3. The van der Waals surface area contributed by atoms with Crippen molar-refractivity contribution in [2.24, 2.45) is 5.10 Å². The van der Waals surface area contributed by atoms with Crippen molar-refractivity contribution in [2.45, 2.75) is 4.90 Å². The smallest absolute Gasteiger partial charge is 0.264 e. The van der Waals surface area contributed by atoms with Gasteiger partial charge in [-0.2, -0.15) is 5.10 Å². The molecule has 0 atom stereocenters. The Morgan fingerprint density at radius 2 is 1.61 bits per heavy atom. The molecule has 1 N–H and O–H groups in total. The lowest BCUT2D eigenvalue weighted by atomic mass is 10.2. The van der Waals surface area contributed by atoms with Gasteiger partial charge < -0.3 is 4.90 Å². The summed E-state index contributed by atoms with van der Waals surface area (Å²) in [4.78, 5) is 14.5. The SMILES string of the molecule is CN(C)c1ccc(/C=N\NC(=O)CN(c2cccc(Cl)c2)S(=O)(=O)c2ccc(Cl)cc2)cc1. The molecule has 7 nitrogen and oxygen atoms in total. The van der Waals surface area contributed by atoms with Crippen LogP contribution in [0.25, 0.3) is 0 Å². The van der Waals surface area contributed by atoms with Crippen LogP contribution in [-0.4, -0.2) is 41.2 Å². The Hall–Kier alpha value is -3.07. The second-order valence-electron chi connectivity index (χ2n) is 7.22. The predicted octanol–water partition coefficient (Wildman–Crippen LogP) is 4.41. The van der Waals surface area contributed by atoms with E-state index < -0.39 is 22.5 Å². The van der Waals surface area contributed by atoms with E-state index in [1.807, 2.05) is 43.3 Å². The molecule has 0 aliphatic heterocycles. The molecule has 10 heteroatoms. The maximum atomic E-state index is 13.3. The highest BCUT2D eigenvalue weighted by Crippen LogP contribution is 2.26. The zero-order valence-corrected chi connectivity index (χ0v) is 20.3.